The molecule has 1 aliphatic rings. The minimum absolute atomic E-state index is 0.376. The summed E-state index contributed by atoms with van der Waals surface area (Å²) in [5, 5.41) is 4.10. The molecule has 2 nitrogen and oxygen atoms in total. The van der Waals surface area contributed by atoms with Crippen LogP contribution in [0.2, 0.25) is 0 Å². The Kier molecular flexibility index (Phi) is 5.10. The molecule has 2 atom stereocenters. The number of ether oxygens (including phenoxy) is 1. The van der Waals surface area contributed by atoms with E-state index < -0.39 is 0 Å². The van der Waals surface area contributed by atoms with E-state index in [-0.39, 0.29) is 0 Å². The molecule has 1 fully saturated rings. The molecule has 1 aliphatic heterocycles. The summed E-state index contributed by atoms with van der Waals surface area (Å²) in [6, 6.07) is 9.22. The predicted octanol–water partition coefficient (Wildman–Crippen LogP) is 3.45. The summed E-state index contributed by atoms with van der Waals surface area (Å²) < 4.78 is 5.64. The average molecular weight is 265 g/mol. The van der Waals surface area contributed by atoms with Gasteiger partial charge in [0.25, 0.3) is 0 Å². The van der Waals surface area contributed by atoms with Crippen LogP contribution < -0.4 is 5.32 Å². The maximum absolute atomic E-state index is 5.64. The zero-order chi connectivity index (χ0) is 13.0. The molecule has 0 bridgehead atoms. The van der Waals surface area contributed by atoms with E-state index in [9.17, 15) is 0 Å². The first kappa shape index (κ1) is 13.9. The fourth-order valence-electron chi connectivity index (χ4n) is 2.11. The van der Waals surface area contributed by atoms with E-state index in [2.05, 4.69) is 50.4 Å². The third-order valence-corrected chi connectivity index (χ3v) is 4.83. The molecule has 0 radical (unpaired) electrons. The zero-order valence-corrected chi connectivity index (χ0v) is 12.3. The van der Waals surface area contributed by atoms with Crippen molar-refractivity contribution in [2.45, 2.75) is 56.0 Å². The Morgan fingerprint density at radius 2 is 2.17 bits per heavy atom. The van der Waals surface area contributed by atoms with Crippen molar-refractivity contribution in [3.8, 4) is 0 Å². The molecule has 0 aliphatic carbocycles. The summed E-state index contributed by atoms with van der Waals surface area (Å²) in [4.78, 5) is 1.40. The summed E-state index contributed by atoms with van der Waals surface area (Å²) in [7, 11) is 0. The van der Waals surface area contributed by atoms with Gasteiger partial charge in [0.15, 0.2) is 0 Å². The van der Waals surface area contributed by atoms with Crippen LogP contribution >= 0.6 is 11.8 Å². The second kappa shape index (κ2) is 6.60. The summed E-state index contributed by atoms with van der Waals surface area (Å²) in [5.41, 5.74) is 1.40. The molecule has 1 aromatic carbocycles. The van der Waals surface area contributed by atoms with Gasteiger partial charge in [0.1, 0.15) is 0 Å². The largest absolute Gasteiger partial charge is 0.377 e. The Morgan fingerprint density at radius 1 is 1.39 bits per heavy atom. The van der Waals surface area contributed by atoms with Crippen LogP contribution in [0.5, 0.6) is 0 Å². The third-order valence-electron chi connectivity index (χ3n) is 3.26. The fourth-order valence-corrected chi connectivity index (χ4v) is 3.37. The van der Waals surface area contributed by atoms with Crippen molar-refractivity contribution in [1.82, 2.24) is 5.32 Å². The van der Waals surface area contributed by atoms with Gasteiger partial charge in [0.05, 0.1) is 6.10 Å². The zero-order valence-electron chi connectivity index (χ0n) is 11.5. The standard InChI is InChI=1S/C15H23NOS/c1-11(2)16-10-13-6-4-5-7-15(13)18-14-8-9-17-12(14)3/h4-7,11-12,14,16H,8-10H2,1-3H3. The molecule has 1 aromatic rings. The lowest BCUT2D eigenvalue weighted by atomic mass is 10.2. The van der Waals surface area contributed by atoms with E-state index in [0.717, 1.165) is 19.6 Å². The van der Waals surface area contributed by atoms with Gasteiger partial charge in [-0.1, -0.05) is 32.0 Å². The van der Waals surface area contributed by atoms with Crippen molar-refractivity contribution in [3.63, 3.8) is 0 Å². The number of nitrogens with one attached hydrogen (secondary N) is 1. The molecule has 0 saturated carbocycles. The third kappa shape index (κ3) is 3.74. The summed E-state index contributed by atoms with van der Waals surface area (Å²) in [5.74, 6) is 0. The van der Waals surface area contributed by atoms with E-state index in [0.29, 0.717) is 17.4 Å². The van der Waals surface area contributed by atoms with E-state index in [1.807, 2.05) is 11.8 Å². The molecule has 2 rings (SSSR count). The Bertz CT molecular complexity index is 381. The molecular formula is C15H23NOS. The Labute approximate surface area is 114 Å². The molecule has 0 spiro atoms. The highest BCUT2D eigenvalue weighted by molar-refractivity contribution is 8.00. The van der Waals surface area contributed by atoms with Gasteiger partial charge in [-0.3, -0.25) is 0 Å². The summed E-state index contributed by atoms with van der Waals surface area (Å²) >= 11 is 1.97. The highest BCUT2D eigenvalue weighted by Gasteiger charge is 2.25. The van der Waals surface area contributed by atoms with Gasteiger partial charge >= 0.3 is 0 Å². The van der Waals surface area contributed by atoms with Crippen LogP contribution in [-0.4, -0.2) is 24.0 Å². The molecule has 0 amide bonds. The van der Waals surface area contributed by atoms with Gasteiger partial charge in [-0.2, -0.15) is 0 Å². The van der Waals surface area contributed by atoms with Crippen LogP contribution in [0.25, 0.3) is 0 Å². The lowest BCUT2D eigenvalue weighted by Gasteiger charge is -2.17. The molecule has 1 heterocycles. The first-order valence-electron chi connectivity index (χ1n) is 6.76. The number of hydrogen-bond donors (Lipinski definition) is 1. The maximum atomic E-state index is 5.64. The second-order valence-corrected chi connectivity index (χ2v) is 6.45. The number of benzene rings is 1. The Morgan fingerprint density at radius 3 is 2.83 bits per heavy atom. The highest BCUT2D eigenvalue weighted by Crippen LogP contribution is 2.34. The summed E-state index contributed by atoms with van der Waals surface area (Å²) in [6.07, 6.45) is 1.54. The normalized spacial score (nSPS) is 23.8. The van der Waals surface area contributed by atoms with Gasteiger partial charge in [-0.15, -0.1) is 11.8 Å². The Balaban J connectivity index is 2.02. The Hall–Kier alpha value is -0.510. The number of rotatable bonds is 5. The lowest BCUT2D eigenvalue weighted by molar-refractivity contribution is 0.127. The van der Waals surface area contributed by atoms with Crippen molar-refractivity contribution < 1.29 is 4.74 Å². The van der Waals surface area contributed by atoms with Gasteiger partial charge in [0, 0.05) is 29.3 Å². The molecule has 18 heavy (non-hydrogen) atoms. The molecule has 1 N–H and O–H groups in total. The van der Waals surface area contributed by atoms with Gasteiger partial charge in [0.2, 0.25) is 0 Å². The van der Waals surface area contributed by atoms with Crippen LogP contribution in [0.4, 0.5) is 0 Å². The number of hydrogen-bond acceptors (Lipinski definition) is 3. The van der Waals surface area contributed by atoms with Crippen molar-refractivity contribution in [2.75, 3.05) is 6.61 Å². The second-order valence-electron chi connectivity index (χ2n) is 5.16. The van der Waals surface area contributed by atoms with Crippen LogP contribution in [-0.2, 0) is 11.3 Å². The first-order valence-corrected chi connectivity index (χ1v) is 7.64. The summed E-state index contributed by atoms with van der Waals surface area (Å²) in [6.45, 7) is 8.40. The molecular weight excluding hydrogens is 242 g/mol. The topological polar surface area (TPSA) is 21.3 Å². The molecule has 2 unspecified atom stereocenters. The number of thioether (sulfide) groups is 1. The van der Waals surface area contributed by atoms with Gasteiger partial charge < -0.3 is 10.1 Å². The SMILES string of the molecule is CC(C)NCc1ccccc1SC1CCOC1C. The van der Waals surface area contributed by atoms with Gasteiger partial charge in [-0.25, -0.2) is 0 Å². The minimum Gasteiger partial charge on any atom is -0.377 e. The fraction of sp³-hybridized carbons (Fsp3) is 0.600. The molecule has 1 saturated heterocycles. The smallest absolute Gasteiger partial charge is 0.0669 e. The van der Waals surface area contributed by atoms with Crippen molar-refractivity contribution in [2.24, 2.45) is 0 Å². The monoisotopic (exact) mass is 265 g/mol. The van der Waals surface area contributed by atoms with Crippen molar-refractivity contribution in [3.05, 3.63) is 29.8 Å². The first-order chi connectivity index (χ1) is 8.66. The van der Waals surface area contributed by atoms with Crippen LogP contribution in [0.1, 0.15) is 32.8 Å². The van der Waals surface area contributed by atoms with E-state index in [4.69, 9.17) is 4.74 Å². The quantitative estimate of drug-likeness (QED) is 0.881. The van der Waals surface area contributed by atoms with Crippen LogP contribution in [0.3, 0.4) is 0 Å². The highest BCUT2D eigenvalue weighted by atomic mass is 32.2. The van der Waals surface area contributed by atoms with Crippen molar-refractivity contribution >= 4 is 11.8 Å². The minimum atomic E-state index is 0.376. The van der Waals surface area contributed by atoms with E-state index in [1.165, 1.54) is 10.5 Å². The van der Waals surface area contributed by atoms with Crippen molar-refractivity contribution in [1.29, 1.82) is 0 Å². The maximum Gasteiger partial charge on any atom is 0.0669 e. The predicted molar refractivity (Wildman–Crippen MR) is 78.1 cm³/mol. The average Bonchev–Trinajstić information content (AvgIpc) is 2.74. The van der Waals surface area contributed by atoms with E-state index in [1.54, 1.807) is 0 Å². The molecule has 3 heteroatoms. The van der Waals surface area contributed by atoms with E-state index >= 15 is 0 Å². The lowest BCUT2D eigenvalue weighted by Crippen LogP contribution is -2.22. The molecule has 0 aromatic heterocycles. The molecule has 100 valence electrons. The van der Waals surface area contributed by atoms with Crippen LogP contribution in [0.15, 0.2) is 29.2 Å². The van der Waals surface area contributed by atoms with Gasteiger partial charge in [-0.05, 0) is 25.0 Å². The van der Waals surface area contributed by atoms with Crippen LogP contribution in [0, 0.1) is 0 Å².